The van der Waals surface area contributed by atoms with Gasteiger partial charge in [-0.25, -0.2) is 5.84 Å². The lowest BCUT2D eigenvalue weighted by molar-refractivity contribution is 0.282. The Balaban J connectivity index is 4.18. The average molecular weight is 271 g/mol. The van der Waals surface area contributed by atoms with E-state index in [1.54, 1.807) is 0 Å². The predicted octanol–water partition coefficient (Wildman–Crippen LogP) is 1.66. The van der Waals surface area contributed by atoms with Crippen LogP contribution in [0.4, 0.5) is 0 Å². The minimum absolute atomic E-state index is 0.829. The number of nitrogens with two attached hydrogens (primary N) is 1. The maximum atomic E-state index is 5.58. The molecule has 0 fully saturated rings. The van der Waals surface area contributed by atoms with Crippen molar-refractivity contribution in [1.29, 1.82) is 0 Å². The number of rotatable bonds is 10. The quantitative estimate of drug-likeness (QED) is 0.209. The molecule has 0 heterocycles. The summed E-state index contributed by atoms with van der Waals surface area (Å²) in [6, 6.07) is 0. The number of guanidine groups is 1. The first-order chi connectivity index (χ1) is 9.23. The van der Waals surface area contributed by atoms with Gasteiger partial charge in [0.05, 0.1) is 0 Å². The van der Waals surface area contributed by atoms with Crippen molar-refractivity contribution in [1.82, 2.24) is 15.2 Å². The number of nitrogens with one attached hydrogen (secondary N) is 1. The fourth-order valence-corrected chi connectivity index (χ4v) is 2.02. The lowest BCUT2D eigenvalue weighted by Crippen LogP contribution is -2.45. The van der Waals surface area contributed by atoms with Crippen molar-refractivity contribution in [2.24, 2.45) is 10.8 Å². The fraction of sp³-hybridized carbons (Fsp3) is 0.929. The van der Waals surface area contributed by atoms with Crippen LogP contribution in [0.25, 0.3) is 0 Å². The third-order valence-electron chi connectivity index (χ3n) is 3.38. The summed E-state index contributed by atoms with van der Waals surface area (Å²) in [6.45, 7) is 14.9. The van der Waals surface area contributed by atoms with E-state index in [0.29, 0.717) is 0 Å². The molecular weight excluding hydrogens is 238 g/mol. The van der Waals surface area contributed by atoms with Gasteiger partial charge in [-0.1, -0.05) is 27.2 Å². The normalized spacial score (nSPS) is 12.0. The average Bonchev–Trinajstić information content (AvgIpc) is 2.45. The maximum Gasteiger partial charge on any atom is 0.208 e. The Bertz CT molecular complexity index is 226. The number of hydrogen-bond donors (Lipinski definition) is 2. The van der Waals surface area contributed by atoms with Crippen LogP contribution in [0, 0.1) is 0 Å². The van der Waals surface area contributed by atoms with Gasteiger partial charge in [0.25, 0.3) is 0 Å². The molecule has 0 aromatic rings. The van der Waals surface area contributed by atoms with Crippen LogP contribution in [0.3, 0.4) is 0 Å². The topological polar surface area (TPSA) is 56.9 Å². The lowest BCUT2D eigenvalue weighted by Gasteiger charge is -2.25. The molecule has 0 aliphatic rings. The van der Waals surface area contributed by atoms with Gasteiger partial charge in [-0.05, 0) is 39.4 Å². The molecule has 5 nitrogen and oxygen atoms in total. The Labute approximate surface area is 119 Å². The highest BCUT2D eigenvalue weighted by Gasteiger charge is 2.08. The molecular formula is C14H33N5. The second kappa shape index (κ2) is 12.2. The van der Waals surface area contributed by atoms with Crippen molar-refractivity contribution >= 4 is 5.96 Å². The molecule has 0 radical (unpaired) electrons. The van der Waals surface area contributed by atoms with Crippen LogP contribution in [-0.4, -0.2) is 55.0 Å². The van der Waals surface area contributed by atoms with Crippen LogP contribution in [0.15, 0.2) is 4.99 Å². The predicted molar refractivity (Wildman–Crippen MR) is 84.2 cm³/mol. The molecule has 0 aromatic carbocycles. The van der Waals surface area contributed by atoms with E-state index < -0.39 is 0 Å². The summed E-state index contributed by atoms with van der Waals surface area (Å²) in [5.41, 5.74) is 2.74. The van der Waals surface area contributed by atoms with Crippen molar-refractivity contribution in [2.75, 3.05) is 39.3 Å². The second-order valence-corrected chi connectivity index (χ2v) is 4.66. The summed E-state index contributed by atoms with van der Waals surface area (Å²) in [7, 11) is 0. The van der Waals surface area contributed by atoms with Gasteiger partial charge >= 0.3 is 0 Å². The molecule has 0 amide bonds. The molecule has 0 aliphatic heterocycles. The zero-order valence-corrected chi connectivity index (χ0v) is 13.3. The van der Waals surface area contributed by atoms with E-state index in [9.17, 15) is 0 Å². The van der Waals surface area contributed by atoms with E-state index in [0.717, 1.165) is 64.5 Å². The van der Waals surface area contributed by atoms with Crippen LogP contribution in [0.5, 0.6) is 0 Å². The van der Waals surface area contributed by atoms with Crippen LogP contribution in [-0.2, 0) is 0 Å². The highest BCUT2D eigenvalue weighted by Crippen LogP contribution is 1.97. The first-order valence-electron chi connectivity index (χ1n) is 7.71. The molecule has 3 N–H and O–H groups in total. The first kappa shape index (κ1) is 18.2. The van der Waals surface area contributed by atoms with Crippen LogP contribution >= 0.6 is 0 Å². The lowest BCUT2D eigenvalue weighted by atomic mass is 10.3. The fourth-order valence-electron chi connectivity index (χ4n) is 2.02. The molecule has 5 heteroatoms. The molecule has 0 aromatic heterocycles. The molecule has 0 rings (SSSR count). The second-order valence-electron chi connectivity index (χ2n) is 4.66. The van der Waals surface area contributed by atoms with Crippen molar-refractivity contribution in [3.8, 4) is 0 Å². The van der Waals surface area contributed by atoms with Crippen molar-refractivity contribution in [3.63, 3.8) is 0 Å². The Hall–Kier alpha value is -0.810. The van der Waals surface area contributed by atoms with E-state index in [4.69, 9.17) is 5.84 Å². The van der Waals surface area contributed by atoms with Gasteiger partial charge in [0.2, 0.25) is 5.96 Å². The molecule has 0 saturated heterocycles. The van der Waals surface area contributed by atoms with Crippen LogP contribution < -0.4 is 11.3 Å². The summed E-state index contributed by atoms with van der Waals surface area (Å²) in [4.78, 5) is 9.20. The smallest absolute Gasteiger partial charge is 0.208 e. The largest absolute Gasteiger partial charge is 0.342 e. The Morgan fingerprint density at radius 1 is 1.00 bits per heavy atom. The molecule has 0 bridgehead atoms. The third-order valence-corrected chi connectivity index (χ3v) is 3.38. The molecule has 0 atom stereocenters. The zero-order valence-electron chi connectivity index (χ0n) is 13.3. The Morgan fingerprint density at radius 3 is 2.16 bits per heavy atom. The number of nitrogens with zero attached hydrogens (tertiary/aromatic N) is 3. The van der Waals surface area contributed by atoms with Crippen LogP contribution in [0.1, 0.15) is 47.0 Å². The van der Waals surface area contributed by atoms with Crippen molar-refractivity contribution in [2.45, 2.75) is 47.0 Å². The van der Waals surface area contributed by atoms with Gasteiger partial charge < -0.3 is 9.80 Å². The highest BCUT2D eigenvalue weighted by atomic mass is 15.4. The zero-order chi connectivity index (χ0) is 14.5. The minimum atomic E-state index is 0.829. The molecule has 0 aliphatic carbocycles. The maximum absolute atomic E-state index is 5.58. The summed E-state index contributed by atoms with van der Waals surface area (Å²) in [6.07, 6.45) is 3.42. The van der Waals surface area contributed by atoms with Gasteiger partial charge in [-0.2, -0.15) is 0 Å². The number of unbranched alkanes of at least 4 members (excludes halogenated alkanes) is 1. The van der Waals surface area contributed by atoms with Crippen LogP contribution in [0.2, 0.25) is 0 Å². The van der Waals surface area contributed by atoms with Gasteiger partial charge in [0.15, 0.2) is 0 Å². The number of hydrazine groups is 1. The van der Waals surface area contributed by atoms with Crippen molar-refractivity contribution < 1.29 is 0 Å². The standard InChI is InChI=1S/C14H33N5/c1-5-9-11-16-14(17-15)19(8-4)13-10-12-18(6-2)7-3/h5-13,15H2,1-4H3,(H,16,17). The van der Waals surface area contributed by atoms with E-state index in [-0.39, 0.29) is 0 Å². The molecule has 0 spiro atoms. The number of aliphatic imine (C=N–C) groups is 1. The highest BCUT2D eigenvalue weighted by molar-refractivity contribution is 5.79. The first-order valence-corrected chi connectivity index (χ1v) is 7.71. The van der Waals surface area contributed by atoms with E-state index in [2.05, 4.69) is 47.9 Å². The molecule has 19 heavy (non-hydrogen) atoms. The summed E-state index contributed by atoms with van der Waals surface area (Å²) in [5, 5.41) is 0. The van der Waals surface area contributed by atoms with E-state index >= 15 is 0 Å². The molecule has 114 valence electrons. The molecule has 0 saturated carbocycles. The SMILES string of the molecule is CCCCN=C(NN)N(CC)CCCN(CC)CC. The van der Waals surface area contributed by atoms with Gasteiger partial charge in [-0.3, -0.25) is 10.4 Å². The Kier molecular flexibility index (Phi) is 11.7. The van der Waals surface area contributed by atoms with E-state index in [1.807, 2.05) is 0 Å². The van der Waals surface area contributed by atoms with Gasteiger partial charge in [0.1, 0.15) is 0 Å². The van der Waals surface area contributed by atoms with Crippen molar-refractivity contribution in [3.05, 3.63) is 0 Å². The number of hydrogen-bond acceptors (Lipinski definition) is 3. The molecule has 0 unspecified atom stereocenters. The Morgan fingerprint density at radius 2 is 1.68 bits per heavy atom. The van der Waals surface area contributed by atoms with Gasteiger partial charge in [-0.15, -0.1) is 0 Å². The van der Waals surface area contributed by atoms with Gasteiger partial charge in [0, 0.05) is 19.6 Å². The monoisotopic (exact) mass is 271 g/mol. The third kappa shape index (κ3) is 8.06. The van der Waals surface area contributed by atoms with E-state index in [1.165, 1.54) is 0 Å². The minimum Gasteiger partial charge on any atom is -0.342 e. The summed E-state index contributed by atoms with van der Waals surface area (Å²) < 4.78 is 0. The summed E-state index contributed by atoms with van der Waals surface area (Å²) >= 11 is 0. The summed E-state index contributed by atoms with van der Waals surface area (Å²) in [5.74, 6) is 6.41.